The average molecular weight is 385 g/mol. The first-order valence-electron chi connectivity index (χ1n) is 9.14. The van der Waals surface area contributed by atoms with Gasteiger partial charge in [0.25, 0.3) is 0 Å². The van der Waals surface area contributed by atoms with Gasteiger partial charge in [-0.15, -0.1) is 0 Å². The molecule has 0 aromatic heterocycles. The van der Waals surface area contributed by atoms with E-state index < -0.39 is 6.61 Å². The molecule has 0 saturated carbocycles. The van der Waals surface area contributed by atoms with Crippen LogP contribution in [0.5, 0.6) is 11.5 Å². The largest absolute Gasteiger partial charge is 0.497 e. The third-order valence-electron chi connectivity index (χ3n) is 4.71. The number of aliphatic imine (C=N–C) groups is 1. The minimum absolute atomic E-state index is 0.0946. The van der Waals surface area contributed by atoms with Crippen LogP contribution in [-0.2, 0) is 11.3 Å². The standard InChI is InChI=1S/C19H29F2N3O3/c1-22-19(24(2)9-6-14-7-10-26-11-8-14)23-13-15-4-5-16(25-3)12-17(15)27-18(20)21/h4-5,12,14,18H,6-11,13H2,1-3H3,(H,22,23). The van der Waals surface area contributed by atoms with E-state index in [0.29, 0.717) is 29.7 Å². The summed E-state index contributed by atoms with van der Waals surface area (Å²) >= 11 is 0. The molecular weight excluding hydrogens is 356 g/mol. The summed E-state index contributed by atoms with van der Waals surface area (Å²) in [6.07, 6.45) is 3.27. The van der Waals surface area contributed by atoms with E-state index in [4.69, 9.17) is 9.47 Å². The van der Waals surface area contributed by atoms with Crippen LogP contribution in [-0.4, -0.2) is 58.4 Å². The second kappa shape index (κ2) is 10.9. The molecule has 1 N–H and O–H groups in total. The zero-order chi connectivity index (χ0) is 19.6. The molecule has 0 unspecified atom stereocenters. The van der Waals surface area contributed by atoms with Crippen LogP contribution in [0.2, 0.25) is 0 Å². The molecular formula is C19H29F2N3O3. The van der Waals surface area contributed by atoms with E-state index in [0.717, 1.165) is 39.0 Å². The Morgan fingerprint density at radius 3 is 2.74 bits per heavy atom. The Morgan fingerprint density at radius 1 is 1.37 bits per heavy atom. The molecule has 0 spiro atoms. The number of nitrogens with one attached hydrogen (secondary N) is 1. The van der Waals surface area contributed by atoms with E-state index in [1.54, 1.807) is 19.2 Å². The first-order chi connectivity index (χ1) is 13.0. The molecule has 0 aliphatic carbocycles. The normalized spacial score (nSPS) is 15.7. The summed E-state index contributed by atoms with van der Waals surface area (Å²) < 4.78 is 40.5. The van der Waals surface area contributed by atoms with Crippen molar-refractivity contribution in [3.63, 3.8) is 0 Å². The number of halogens is 2. The molecule has 0 bridgehead atoms. The van der Waals surface area contributed by atoms with E-state index in [9.17, 15) is 8.78 Å². The first kappa shape index (κ1) is 21.2. The molecule has 1 aliphatic heterocycles. The lowest BCUT2D eigenvalue weighted by molar-refractivity contribution is -0.0505. The topological polar surface area (TPSA) is 55.3 Å². The Labute approximate surface area is 159 Å². The Bertz CT molecular complexity index is 608. The molecule has 152 valence electrons. The van der Waals surface area contributed by atoms with E-state index in [2.05, 4.69) is 15.0 Å². The predicted octanol–water partition coefficient (Wildman–Crippen LogP) is 3.12. The SMILES string of the molecule is CN=C(NCc1ccc(OC)cc1OC(F)F)N(C)CCC1CCOCC1. The van der Waals surface area contributed by atoms with Crippen LogP contribution in [0.25, 0.3) is 0 Å². The minimum atomic E-state index is -2.89. The smallest absolute Gasteiger partial charge is 0.387 e. The molecule has 1 fully saturated rings. The van der Waals surface area contributed by atoms with E-state index in [1.165, 1.54) is 13.2 Å². The third kappa shape index (κ3) is 6.86. The van der Waals surface area contributed by atoms with Gasteiger partial charge in [0.2, 0.25) is 0 Å². The lowest BCUT2D eigenvalue weighted by Crippen LogP contribution is -2.39. The molecule has 6 nitrogen and oxygen atoms in total. The van der Waals surface area contributed by atoms with Crippen LogP contribution in [0.1, 0.15) is 24.8 Å². The van der Waals surface area contributed by atoms with Gasteiger partial charge in [-0.3, -0.25) is 4.99 Å². The van der Waals surface area contributed by atoms with Gasteiger partial charge in [-0.25, -0.2) is 0 Å². The van der Waals surface area contributed by atoms with E-state index >= 15 is 0 Å². The number of rotatable bonds is 8. The molecule has 27 heavy (non-hydrogen) atoms. The van der Waals surface area contributed by atoms with Gasteiger partial charge >= 0.3 is 6.61 Å². The van der Waals surface area contributed by atoms with Crippen molar-refractivity contribution in [2.45, 2.75) is 32.4 Å². The van der Waals surface area contributed by atoms with Crippen LogP contribution in [0, 0.1) is 5.92 Å². The monoisotopic (exact) mass is 385 g/mol. The van der Waals surface area contributed by atoms with Crippen molar-refractivity contribution in [1.82, 2.24) is 10.2 Å². The van der Waals surface area contributed by atoms with Gasteiger partial charge in [-0.1, -0.05) is 0 Å². The highest BCUT2D eigenvalue weighted by Crippen LogP contribution is 2.26. The molecule has 1 aliphatic rings. The predicted molar refractivity (Wildman–Crippen MR) is 101 cm³/mol. The van der Waals surface area contributed by atoms with Crippen molar-refractivity contribution in [3.8, 4) is 11.5 Å². The summed E-state index contributed by atoms with van der Waals surface area (Å²) in [5, 5.41) is 3.21. The third-order valence-corrected chi connectivity index (χ3v) is 4.71. The number of benzene rings is 1. The van der Waals surface area contributed by atoms with Crippen LogP contribution in [0.3, 0.4) is 0 Å². The first-order valence-corrected chi connectivity index (χ1v) is 9.14. The zero-order valence-electron chi connectivity index (χ0n) is 16.2. The number of hydrogen-bond donors (Lipinski definition) is 1. The second-order valence-corrected chi connectivity index (χ2v) is 6.52. The lowest BCUT2D eigenvalue weighted by atomic mass is 9.96. The molecule has 0 amide bonds. The number of alkyl halides is 2. The number of ether oxygens (including phenoxy) is 3. The molecule has 8 heteroatoms. The number of nitrogens with zero attached hydrogens (tertiary/aromatic N) is 2. The maximum absolute atomic E-state index is 12.7. The Hall–Kier alpha value is -2.09. The molecule has 0 atom stereocenters. The lowest BCUT2D eigenvalue weighted by Gasteiger charge is -2.27. The van der Waals surface area contributed by atoms with Crippen LogP contribution in [0.4, 0.5) is 8.78 Å². The quantitative estimate of drug-likeness (QED) is 0.550. The maximum atomic E-state index is 12.7. The summed E-state index contributed by atoms with van der Waals surface area (Å²) in [5.74, 6) is 1.94. The molecule has 0 radical (unpaired) electrons. The number of guanidine groups is 1. The molecule has 2 rings (SSSR count). The number of hydrogen-bond acceptors (Lipinski definition) is 4. The fraction of sp³-hybridized carbons (Fsp3) is 0.632. The van der Waals surface area contributed by atoms with Crippen molar-refractivity contribution >= 4 is 5.96 Å². The van der Waals surface area contributed by atoms with Gasteiger partial charge in [-0.2, -0.15) is 8.78 Å². The second-order valence-electron chi connectivity index (χ2n) is 6.52. The van der Waals surface area contributed by atoms with Crippen molar-refractivity contribution in [2.24, 2.45) is 10.9 Å². The van der Waals surface area contributed by atoms with E-state index in [1.807, 2.05) is 11.9 Å². The van der Waals surface area contributed by atoms with E-state index in [-0.39, 0.29) is 5.75 Å². The van der Waals surface area contributed by atoms with Gasteiger partial charge in [0.1, 0.15) is 11.5 Å². The summed E-state index contributed by atoms with van der Waals surface area (Å²) in [5.41, 5.74) is 0.607. The van der Waals surface area contributed by atoms with Gasteiger partial charge < -0.3 is 24.4 Å². The summed E-state index contributed by atoms with van der Waals surface area (Å²) in [7, 11) is 5.16. The molecule has 1 heterocycles. The summed E-state index contributed by atoms with van der Waals surface area (Å²) in [6, 6.07) is 4.88. The van der Waals surface area contributed by atoms with Crippen molar-refractivity contribution in [3.05, 3.63) is 23.8 Å². The fourth-order valence-electron chi connectivity index (χ4n) is 3.09. The van der Waals surface area contributed by atoms with Gasteiger partial charge in [0.15, 0.2) is 5.96 Å². The Balaban J connectivity index is 1.92. The fourth-order valence-corrected chi connectivity index (χ4v) is 3.09. The summed E-state index contributed by atoms with van der Waals surface area (Å²) in [4.78, 5) is 6.33. The maximum Gasteiger partial charge on any atom is 0.387 e. The Kier molecular flexibility index (Phi) is 8.57. The van der Waals surface area contributed by atoms with Crippen LogP contribution < -0.4 is 14.8 Å². The van der Waals surface area contributed by atoms with Gasteiger partial charge in [-0.05, 0) is 37.3 Å². The van der Waals surface area contributed by atoms with Gasteiger partial charge in [0.05, 0.1) is 7.11 Å². The Morgan fingerprint density at radius 2 is 2.11 bits per heavy atom. The number of methoxy groups -OCH3 is 1. The van der Waals surface area contributed by atoms with Crippen molar-refractivity contribution in [2.75, 3.05) is 41.0 Å². The highest BCUT2D eigenvalue weighted by Gasteiger charge is 2.16. The van der Waals surface area contributed by atoms with Gasteiger partial charge in [0, 0.05) is 52.0 Å². The van der Waals surface area contributed by atoms with Crippen molar-refractivity contribution in [1.29, 1.82) is 0 Å². The molecule has 1 saturated heterocycles. The highest BCUT2D eigenvalue weighted by molar-refractivity contribution is 5.79. The summed E-state index contributed by atoms with van der Waals surface area (Å²) in [6.45, 7) is -0.0252. The molecule has 1 aromatic carbocycles. The van der Waals surface area contributed by atoms with Crippen LogP contribution >= 0.6 is 0 Å². The van der Waals surface area contributed by atoms with Crippen LogP contribution in [0.15, 0.2) is 23.2 Å². The average Bonchev–Trinajstić information content (AvgIpc) is 2.68. The van der Waals surface area contributed by atoms with Crippen molar-refractivity contribution < 1.29 is 23.0 Å². The highest BCUT2D eigenvalue weighted by atomic mass is 19.3. The minimum Gasteiger partial charge on any atom is -0.497 e. The zero-order valence-corrected chi connectivity index (χ0v) is 16.2. The molecule has 1 aromatic rings.